The molecular weight excluding hydrogens is 268 g/mol. The van der Waals surface area contributed by atoms with Gasteiger partial charge in [-0.15, -0.1) is 0 Å². The van der Waals surface area contributed by atoms with E-state index in [-0.39, 0.29) is 17.2 Å². The number of nitro groups is 1. The number of nitro benzene ring substituents is 1. The van der Waals surface area contributed by atoms with Crippen LogP contribution in [0.4, 0.5) is 11.4 Å². The number of hydrogen-bond donors (Lipinski definition) is 1. The first-order valence-corrected chi connectivity index (χ1v) is 6.76. The number of aliphatic hydroxyl groups excluding tert-OH is 1. The molecule has 21 heavy (non-hydrogen) atoms. The van der Waals surface area contributed by atoms with Gasteiger partial charge >= 0.3 is 0 Å². The molecule has 5 nitrogen and oxygen atoms in total. The summed E-state index contributed by atoms with van der Waals surface area (Å²) in [6, 6.07) is 14.9. The first-order chi connectivity index (χ1) is 10.1. The van der Waals surface area contributed by atoms with E-state index in [1.54, 1.807) is 19.1 Å². The molecule has 110 valence electrons. The van der Waals surface area contributed by atoms with Crippen molar-refractivity contribution in [1.82, 2.24) is 0 Å². The minimum Gasteiger partial charge on any atom is -0.395 e. The van der Waals surface area contributed by atoms with Gasteiger partial charge in [0.1, 0.15) is 0 Å². The lowest BCUT2D eigenvalue weighted by atomic mass is 10.1. The van der Waals surface area contributed by atoms with Crippen LogP contribution in [0.1, 0.15) is 11.1 Å². The second kappa shape index (κ2) is 6.85. The van der Waals surface area contributed by atoms with Crippen molar-refractivity contribution in [2.75, 3.05) is 18.1 Å². The number of hydrogen-bond acceptors (Lipinski definition) is 4. The number of rotatable bonds is 6. The Morgan fingerprint density at radius 3 is 2.48 bits per heavy atom. The van der Waals surface area contributed by atoms with Crippen LogP contribution in [-0.4, -0.2) is 23.2 Å². The van der Waals surface area contributed by atoms with E-state index in [0.29, 0.717) is 18.7 Å². The second-order valence-corrected chi connectivity index (χ2v) is 4.86. The number of aliphatic hydroxyl groups is 1. The molecule has 1 N–H and O–H groups in total. The van der Waals surface area contributed by atoms with Crippen LogP contribution in [-0.2, 0) is 6.54 Å². The molecule has 0 bridgehead atoms. The van der Waals surface area contributed by atoms with E-state index in [1.165, 1.54) is 6.07 Å². The van der Waals surface area contributed by atoms with E-state index in [9.17, 15) is 15.2 Å². The molecule has 0 heterocycles. The van der Waals surface area contributed by atoms with Gasteiger partial charge in [-0.3, -0.25) is 10.1 Å². The van der Waals surface area contributed by atoms with Crippen molar-refractivity contribution in [2.24, 2.45) is 0 Å². The van der Waals surface area contributed by atoms with E-state index >= 15 is 0 Å². The largest absolute Gasteiger partial charge is 0.395 e. The molecule has 0 spiro atoms. The maximum atomic E-state index is 10.9. The molecule has 0 aliphatic carbocycles. The Morgan fingerprint density at radius 1 is 1.19 bits per heavy atom. The molecule has 0 aliphatic heterocycles. The van der Waals surface area contributed by atoms with Gasteiger partial charge < -0.3 is 10.0 Å². The summed E-state index contributed by atoms with van der Waals surface area (Å²) < 4.78 is 0. The number of aryl methyl sites for hydroxylation is 1. The van der Waals surface area contributed by atoms with Crippen LogP contribution >= 0.6 is 0 Å². The highest BCUT2D eigenvalue weighted by Crippen LogP contribution is 2.25. The Bertz CT molecular complexity index is 614. The van der Waals surface area contributed by atoms with Crippen molar-refractivity contribution in [3.8, 4) is 0 Å². The quantitative estimate of drug-likeness (QED) is 0.655. The predicted octanol–water partition coefficient (Wildman–Crippen LogP) is 2.90. The van der Waals surface area contributed by atoms with Gasteiger partial charge in [0.15, 0.2) is 0 Å². The van der Waals surface area contributed by atoms with E-state index in [2.05, 4.69) is 0 Å². The first-order valence-electron chi connectivity index (χ1n) is 6.76. The van der Waals surface area contributed by atoms with Gasteiger partial charge in [0.2, 0.25) is 0 Å². The van der Waals surface area contributed by atoms with Crippen LogP contribution in [0, 0.1) is 17.0 Å². The van der Waals surface area contributed by atoms with Gasteiger partial charge in [-0.1, -0.05) is 30.3 Å². The van der Waals surface area contributed by atoms with Crippen LogP contribution in [0.25, 0.3) is 0 Å². The fourth-order valence-electron chi connectivity index (χ4n) is 2.27. The molecule has 0 fully saturated rings. The van der Waals surface area contributed by atoms with Gasteiger partial charge in [-0.05, 0) is 24.6 Å². The third-order valence-electron chi connectivity index (χ3n) is 3.33. The number of nitrogens with zero attached hydrogens (tertiary/aromatic N) is 2. The molecule has 0 saturated heterocycles. The Morgan fingerprint density at radius 2 is 1.90 bits per heavy atom. The van der Waals surface area contributed by atoms with Crippen LogP contribution in [0.3, 0.4) is 0 Å². The minimum absolute atomic E-state index is 0.0306. The monoisotopic (exact) mass is 286 g/mol. The Hall–Kier alpha value is -2.40. The van der Waals surface area contributed by atoms with Crippen molar-refractivity contribution in [3.63, 3.8) is 0 Å². The fraction of sp³-hybridized carbons (Fsp3) is 0.250. The van der Waals surface area contributed by atoms with Gasteiger partial charge in [-0.2, -0.15) is 0 Å². The van der Waals surface area contributed by atoms with Crippen molar-refractivity contribution < 1.29 is 10.0 Å². The molecular formula is C16H18N2O3. The summed E-state index contributed by atoms with van der Waals surface area (Å²) in [7, 11) is 0. The summed E-state index contributed by atoms with van der Waals surface area (Å²) >= 11 is 0. The summed E-state index contributed by atoms with van der Waals surface area (Å²) in [6.45, 7) is 2.88. The second-order valence-electron chi connectivity index (χ2n) is 4.86. The molecule has 2 aromatic carbocycles. The van der Waals surface area contributed by atoms with Gasteiger partial charge in [0.25, 0.3) is 5.69 Å². The lowest BCUT2D eigenvalue weighted by Crippen LogP contribution is -2.26. The van der Waals surface area contributed by atoms with Crippen LogP contribution in [0.15, 0.2) is 48.5 Å². The van der Waals surface area contributed by atoms with E-state index in [1.807, 2.05) is 35.2 Å². The topological polar surface area (TPSA) is 66.6 Å². The smallest absolute Gasteiger partial charge is 0.272 e. The lowest BCUT2D eigenvalue weighted by molar-refractivity contribution is -0.385. The fourth-order valence-corrected chi connectivity index (χ4v) is 2.27. The molecule has 0 radical (unpaired) electrons. The van der Waals surface area contributed by atoms with Crippen molar-refractivity contribution in [2.45, 2.75) is 13.5 Å². The maximum absolute atomic E-state index is 10.9. The molecule has 0 amide bonds. The molecule has 0 aliphatic rings. The Balaban J connectivity index is 2.26. The average Bonchev–Trinajstić information content (AvgIpc) is 2.47. The average molecular weight is 286 g/mol. The van der Waals surface area contributed by atoms with E-state index < -0.39 is 0 Å². The van der Waals surface area contributed by atoms with Crippen LogP contribution in [0.2, 0.25) is 0 Å². The van der Waals surface area contributed by atoms with E-state index in [0.717, 1.165) is 11.3 Å². The van der Waals surface area contributed by atoms with E-state index in [4.69, 9.17) is 0 Å². The molecule has 5 heteroatoms. The summed E-state index contributed by atoms with van der Waals surface area (Å²) in [6.07, 6.45) is 0. The predicted molar refractivity (Wildman–Crippen MR) is 82.4 cm³/mol. The van der Waals surface area contributed by atoms with Crippen molar-refractivity contribution in [1.29, 1.82) is 0 Å². The molecule has 0 saturated carbocycles. The highest BCUT2D eigenvalue weighted by molar-refractivity contribution is 5.55. The number of benzene rings is 2. The molecule has 2 rings (SSSR count). The third-order valence-corrected chi connectivity index (χ3v) is 3.33. The molecule has 0 atom stereocenters. The third kappa shape index (κ3) is 3.79. The normalized spacial score (nSPS) is 10.4. The summed E-state index contributed by atoms with van der Waals surface area (Å²) in [4.78, 5) is 12.5. The minimum atomic E-state index is -0.382. The van der Waals surface area contributed by atoms with Gasteiger partial charge in [-0.25, -0.2) is 0 Å². The number of anilines is 1. The van der Waals surface area contributed by atoms with Crippen LogP contribution in [0.5, 0.6) is 0 Å². The first kappa shape index (κ1) is 15.0. The van der Waals surface area contributed by atoms with Crippen LogP contribution < -0.4 is 4.90 Å². The zero-order valence-electron chi connectivity index (χ0n) is 11.9. The maximum Gasteiger partial charge on any atom is 0.272 e. The van der Waals surface area contributed by atoms with Crippen molar-refractivity contribution in [3.05, 3.63) is 69.8 Å². The SMILES string of the molecule is Cc1cc(N(CCO)Cc2ccccc2)ccc1[N+](=O)[O-]. The molecule has 2 aromatic rings. The summed E-state index contributed by atoms with van der Waals surface area (Å²) in [5.41, 5.74) is 2.73. The van der Waals surface area contributed by atoms with Gasteiger partial charge in [0, 0.05) is 30.4 Å². The Labute approximate surface area is 123 Å². The Kier molecular flexibility index (Phi) is 4.90. The summed E-state index contributed by atoms with van der Waals surface area (Å²) in [5, 5.41) is 20.1. The highest BCUT2D eigenvalue weighted by Gasteiger charge is 2.13. The standard InChI is InChI=1S/C16H18N2O3/c1-13-11-15(7-8-16(13)18(20)21)17(9-10-19)12-14-5-3-2-4-6-14/h2-8,11,19H,9-10,12H2,1H3. The van der Waals surface area contributed by atoms with Crippen molar-refractivity contribution >= 4 is 11.4 Å². The zero-order chi connectivity index (χ0) is 15.2. The lowest BCUT2D eigenvalue weighted by Gasteiger charge is -2.24. The zero-order valence-corrected chi connectivity index (χ0v) is 11.9. The molecule has 0 unspecified atom stereocenters. The van der Waals surface area contributed by atoms with Gasteiger partial charge in [0.05, 0.1) is 11.5 Å². The highest BCUT2D eigenvalue weighted by atomic mass is 16.6. The summed E-state index contributed by atoms with van der Waals surface area (Å²) in [5.74, 6) is 0. The molecule has 0 aromatic heterocycles.